The summed E-state index contributed by atoms with van der Waals surface area (Å²) in [6.07, 6.45) is 14.0. The van der Waals surface area contributed by atoms with Crippen LogP contribution in [0.1, 0.15) is 6.42 Å². The zero-order chi connectivity index (χ0) is 13.5. The minimum atomic E-state index is 1.06. The Morgan fingerprint density at radius 2 is 1.11 bits per heavy atom. The maximum Gasteiger partial charge on any atom is 0.169 e. The molecule has 4 heteroatoms. The van der Waals surface area contributed by atoms with Gasteiger partial charge >= 0.3 is 0 Å². The van der Waals surface area contributed by atoms with Crippen LogP contribution >= 0.6 is 23.5 Å². The summed E-state index contributed by atoms with van der Waals surface area (Å²) in [6.45, 7) is 2.12. The average Bonchev–Trinajstić information content (AvgIpc) is 2.49. The number of hydrogen-bond donors (Lipinski definition) is 0. The van der Waals surface area contributed by atoms with Crippen molar-refractivity contribution in [3.05, 3.63) is 49.1 Å². The lowest BCUT2D eigenvalue weighted by atomic mass is 10.3. The van der Waals surface area contributed by atoms with Gasteiger partial charge in [-0.1, -0.05) is 0 Å². The van der Waals surface area contributed by atoms with E-state index < -0.39 is 0 Å². The zero-order valence-electron chi connectivity index (χ0n) is 11.5. The lowest BCUT2D eigenvalue weighted by molar-refractivity contribution is -0.727. The van der Waals surface area contributed by atoms with E-state index >= 15 is 0 Å². The van der Waals surface area contributed by atoms with E-state index in [2.05, 4.69) is 70.7 Å². The molecule has 0 aliphatic rings. The predicted molar refractivity (Wildman–Crippen MR) is 81.5 cm³/mol. The standard InChI is InChI=1S/C15H20N2S2/c1-18-14-4-10-16(11-5-14)8-3-9-17-12-6-15(19-2)7-13-17/h4-7,10-13H,3,8-9H2,1-2H3/q+2. The molecule has 2 heterocycles. The van der Waals surface area contributed by atoms with Gasteiger partial charge in [0.05, 0.1) is 6.42 Å². The van der Waals surface area contributed by atoms with Gasteiger partial charge in [-0.25, -0.2) is 9.13 Å². The first-order valence-corrected chi connectivity index (χ1v) is 8.83. The summed E-state index contributed by atoms with van der Waals surface area (Å²) in [5, 5.41) is 0. The number of thioether (sulfide) groups is 2. The van der Waals surface area contributed by atoms with E-state index in [9.17, 15) is 0 Å². The molecule has 0 aliphatic carbocycles. The van der Waals surface area contributed by atoms with Gasteiger partial charge < -0.3 is 0 Å². The first-order valence-electron chi connectivity index (χ1n) is 6.38. The molecule has 0 unspecified atom stereocenters. The fraction of sp³-hybridized carbons (Fsp3) is 0.333. The van der Waals surface area contributed by atoms with Crippen LogP contribution in [0.2, 0.25) is 0 Å². The molecule has 0 amide bonds. The van der Waals surface area contributed by atoms with Gasteiger partial charge in [0, 0.05) is 34.1 Å². The van der Waals surface area contributed by atoms with Crippen LogP contribution in [0.5, 0.6) is 0 Å². The van der Waals surface area contributed by atoms with Gasteiger partial charge in [0.1, 0.15) is 0 Å². The van der Waals surface area contributed by atoms with Crippen molar-refractivity contribution in [3.63, 3.8) is 0 Å². The van der Waals surface area contributed by atoms with Crippen LogP contribution in [0.25, 0.3) is 0 Å². The molecule has 0 N–H and O–H groups in total. The summed E-state index contributed by atoms with van der Waals surface area (Å²) in [6, 6.07) is 8.69. The Morgan fingerprint density at radius 3 is 1.42 bits per heavy atom. The van der Waals surface area contributed by atoms with Crippen molar-refractivity contribution in [1.29, 1.82) is 0 Å². The molecule has 0 atom stereocenters. The number of aromatic nitrogens is 2. The number of aryl methyl sites for hydroxylation is 2. The van der Waals surface area contributed by atoms with Crippen LogP contribution in [-0.2, 0) is 13.1 Å². The second-order valence-electron chi connectivity index (χ2n) is 4.31. The SMILES string of the molecule is CSc1cc[n+](CCC[n+]2ccc(SC)cc2)cc1. The highest BCUT2D eigenvalue weighted by Gasteiger charge is 2.04. The van der Waals surface area contributed by atoms with Crippen LogP contribution in [0, 0.1) is 0 Å². The van der Waals surface area contributed by atoms with Gasteiger partial charge in [-0.2, -0.15) is 0 Å². The summed E-state index contributed by atoms with van der Waals surface area (Å²) in [5.41, 5.74) is 0. The molecular weight excluding hydrogens is 272 g/mol. The fourth-order valence-corrected chi connectivity index (χ4v) is 2.68. The first kappa shape index (κ1) is 14.4. The molecule has 0 aromatic carbocycles. The van der Waals surface area contributed by atoms with Gasteiger partial charge in [0.2, 0.25) is 0 Å². The van der Waals surface area contributed by atoms with E-state index in [0.29, 0.717) is 0 Å². The Labute approximate surface area is 123 Å². The maximum absolute atomic E-state index is 2.25. The Balaban J connectivity index is 1.81. The molecule has 2 rings (SSSR count). The molecule has 0 aliphatic heterocycles. The van der Waals surface area contributed by atoms with Crippen molar-refractivity contribution in [2.45, 2.75) is 29.3 Å². The molecule has 2 nitrogen and oxygen atoms in total. The summed E-state index contributed by atoms with van der Waals surface area (Å²) in [4.78, 5) is 2.64. The first-order chi connectivity index (χ1) is 9.31. The Morgan fingerprint density at radius 1 is 0.737 bits per heavy atom. The number of hydrogen-bond acceptors (Lipinski definition) is 2. The monoisotopic (exact) mass is 292 g/mol. The minimum absolute atomic E-state index is 1.06. The molecule has 0 fully saturated rings. The van der Waals surface area contributed by atoms with Gasteiger partial charge in [-0.15, -0.1) is 23.5 Å². The van der Waals surface area contributed by atoms with Crippen LogP contribution in [0.4, 0.5) is 0 Å². The van der Waals surface area contributed by atoms with Crippen molar-refractivity contribution in [2.75, 3.05) is 12.5 Å². The number of nitrogens with zero attached hydrogens (tertiary/aromatic N) is 2. The maximum atomic E-state index is 2.25. The van der Waals surface area contributed by atoms with Crippen LogP contribution in [0.3, 0.4) is 0 Å². The molecule has 2 aromatic heterocycles. The van der Waals surface area contributed by atoms with E-state index in [-0.39, 0.29) is 0 Å². The summed E-state index contributed by atoms with van der Waals surface area (Å²) >= 11 is 3.56. The Hall–Kier alpha value is -1.00. The largest absolute Gasteiger partial charge is 0.205 e. The summed E-state index contributed by atoms with van der Waals surface area (Å²) < 4.78 is 4.49. The van der Waals surface area contributed by atoms with E-state index in [1.165, 1.54) is 9.79 Å². The van der Waals surface area contributed by atoms with Crippen molar-refractivity contribution in [3.8, 4) is 0 Å². The van der Waals surface area contributed by atoms with Gasteiger partial charge in [-0.3, -0.25) is 0 Å². The summed E-state index contributed by atoms with van der Waals surface area (Å²) in [5.74, 6) is 0. The van der Waals surface area contributed by atoms with Crippen LogP contribution in [-0.4, -0.2) is 12.5 Å². The molecule has 19 heavy (non-hydrogen) atoms. The molecule has 100 valence electrons. The Kier molecular flexibility index (Phi) is 5.73. The molecule has 2 aromatic rings. The molecule has 0 bridgehead atoms. The third kappa shape index (κ3) is 4.55. The number of pyridine rings is 2. The quantitative estimate of drug-likeness (QED) is 0.597. The zero-order valence-corrected chi connectivity index (χ0v) is 13.1. The van der Waals surface area contributed by atoms with E-state index in [4.69, 9.17) is 0 Å². The normalized spacial score (nSPS) is 10.6. The number of rotatable bonds is 6. The van der Waals surface area contributed by atoms with Crippen molar-refractivity contribution in [2.24, 2.45) is 0 Å². The highest BCUT2D eigenvalue weighted by atomic mass is 32.2. The van der Waals surface area contributed by atoms with E-state index in [1.54, 1.807) is 23.5 Å². The van der Waals surface area contributed by atoms with Gasteiger partial charge in [-0.05, 0) is 12.5 Å². The molecule has 0 saturated carbocycles. The third-order valence-electron chi connectivity index (χ3n) is 3.03. The molecule has 0 spiro atoms. The predicted octanol–water partition coefficient (Wildman–Crippen LogP) is 2.80. The van der Waals surface area contributed by atoms with Crippen molar-refractivity contribution >= 4 is 23.5 Å². The van der Waals surface area contributed by atoms with Crippen molar-refractivity contribution in [1.82, 2.24) is 0 Å². The molecular formula is C15H20N2S2+2. The smallest absolute Gasteiger partial charge is 0.169 e. The highest BCUT2D eigenvalue weighted by molar-refractivity contribution is 7.98. The lowest BCUT2D eigenvalue weighted by Crippen LogP contribution is -2.38. The van der Waals surface area contributed by atoms with Gasteiger partial charge in [0.15, 0.2) is 37.9 Å². The topological polar surface area (TPSA) is 7.76 Å². The minimum Gasteiger partial charge on any atom is -0.205 e. The third-order valence-corrected chi connectivity index (χ3v) is 4.51. The van der Waals surface area contributed by atoms with Crippen LogP contribution < -0.4 is 9.13 Å². The average molecular weight is 292 g/mol. The van der Waals surface area contributed by atoms with E-state index in [0.717, 1.165) is 19.5 Å². The Bertz CT molecular complexity index is 447. The lowest BCUT2D eigenvalue weighted by Gasteiger charge is -1.98. The van der Waals surface area contributed by atoms with E-state index in [1.807, 2.05) is 0 Å². The van der Waals surface area contributed by atoms with Crippen LogP contribution in [0.15, 0.2) is 58.8 Å². The molecule has 0 radical (unpaired) electrons. The second-order valence-corrected chi connectivity index (χ2v) is 6.06. The van der Waals surface area contributed by atoms with Gasteiger partial charge in [0.25, 0.3) is 0 Å². The second kappa shape index (κ2) is 7.56. The fourth-order valence-electron chi connectivity index (χ4n) is 1.89. The molecule has 0 saturated heterocycles. The summed E-state index contributed by atoms with van der Waals surface area (Å²) in [7, 11) is 0. The van der Waals surface area contributed by atoms with Crippen molar-refractivity contribution < 1.29 is 9.13 Å². The highest BCUT2D eigenvalue weighted by Crippen LogP contribution is 2.11.